The van der Waals surface area contributed by atoms with Crippen LogP contribution in [0.1, 0.15) is 19.3 Å². The molecule has 1 atom stereocenters. The molecule has 0 N–H and O–H groups in total. The first-order valence-corrected chi connectivity index (χ1v) is 10.2. The summed E-state index contributed by atoms with van der Waals surface area (Å²) in [5.74, 6) is 2.03. The summed E-state index contributed by atoms with van der Waals surface area (Å²) in [5, 5.41) is 0. The molecule has 4 nitrogen and oxygen atoms in total. The molecular weight excluding hydrogens is 291 g/mol. The summed E-state index contributed by atoms with van der Waals surface area (Å²) < 4.78 is 26.7. The number of methoxy groups -OCH3 is 2. The molecule has 0 aromatic carbocycles. The summed E-state index contributed by atoms with van der Waals surface area (Å²) in [6.07, 6.45) is 3.55. The van der Waals surface area contributed by atoms with Gasteiger partial charge in [0.2, 0.25) is 0 Å². The van der Waals surface area contributed by atoms with Crippen molar-refractivity contribution in [1.29, 1.82) is 0 Å². The molecule has 0 spiro atoms. The van der Waals surface area contributed by atoms with Gasteiger partial charge in [-0.15, -0.1) is 0 Å². The molecule has 110 valence electrons. The third kappa shape index (κ3) is 14.9. The Balaban J connectivity index is 3.12. The Bertz CT molecular complexity index is 196. The van der Waals surface area contributed by atoms with Crippen molar-refractivity contribution < 1.29 is 18.6 Å². The minimum atomic E-state index is -1.81. The van der Waals surface area contributed by atoms with E-state index in [1.807, 2.05) is 10.8 Å². The van der Waals surface area contributed by atoms with E-state index in [4.69, 9.17) is 14.0 Å². The van der Waals surface area contributed by atoms with Crippen LogP contribution in [-0.2, 0) is 18.6 Å². The molecule has 0 aliphatic carbocycles. The van der Waals surface area contributed by atoms with Crippen LogP contribution >= 0.6 is 29.6 Å². The van der Waals surface area contributed by atoms with Gasteiger partial charge >= 0.3 is 0 Å². The highest BCUT2D eigenvalue weighted by Gasteiger charge is 2.00. The van der Waals surface area contributed by atoms with Crippen LogP contribution in [0.4, 0.5) is 0 Å². The molecule has 0 fully saturated rings. The first kappa shape index (κ1) is 18.8. The molecule has 0 rings (SSSR count). The quantitative estimate of drug-likeness (QED) is 0.278. The van der Waals surface area contributed by atoms with Crippen LogP contribution in [0.25, 0.3) is 0 Å². The summed E-state index contributed by atoms with van der Waals surface area (Å²) in [5.41, 5.74) is 0. The Morgan fingerprint density at radius 3 is 2.28 bits per heavy atom. The lowest BCUT2D eigenvalue weighted by molar-refractivity contribution is 0.185. The van der Waals surface area contributed by atoms with Gasteiger partial charge in [-0.25, -0.2) is 0 Å². The van der Waals surface area contributed by atoms with E-state index in [1.54, 1.807) is 25.0 Å². The molecule has 0 heterocycles. The van der Waals surface area contributed by atoms with E-state index >= 15 is 0 Å². The number of hydrogen-bond donors (Lipinski definition) is 0. The minimum absolute atomic E-state index is 0.594. The molecule has 18 heavy (non-hydrogen) atoms. The third-order valence-electron chi connectivity index (χ3n) is 2.07. The van der Waals surface area contributed by atoms with Gasteiger partial charge in [0, 0.05) is 38.5 Å². The Kier molecular flexibility index (Phi) is 16.6. The Hall–Kier alpha value is 0.810. The largest absolute Gasteiger partial charge is 0.385 e. The number of rotatable bonds is 14. The van der Waals surface area contributed by atoms with Crippen molar-refractivity contribution in [3.63, 3.8) is 0 Å². The van der Waals surface area contributed by atoms with E-state index < -0.39 is 8.03 Å². The van der Waals surface area contributed by atoms with Crippen molar-refractivity contribution in [3.8, 4) is 0 Å². The average Bonchev–Trinajstić information content (AvgIpc) is 2.37. The molecule has 0 saturated carbocycles. The summed E-state index contributed by atoms with van der Waals surface area (Å²) in [4.78, 5) is 0. The summed E-state index contributed by atoms with van der Waals surface area (Å²) >= 11 is 0. The van der Waals surface area contributed by atoms with Crippen LogP contribution in [0.2, 0.25) is 0 Å². The van der Waals surface area contributed by atoms with Crippen molar-refractivity contribution in [2.75, 3.05) is 51.7 Å². The van der Waals surface area contributed by atoms with E-state index in [-0.39, 0.29) is 0 Å². The first-order chi connectivity index (χ1) is 8.81. The lowest BCUT2D eigenvalue weighted by atomic mass is 10.3. The highest BCUT2D eigenvalue weighted by molar-refractivity contribution is 8.76. The van der Waals surface area contributed by atoms with Crippen molar-refractivity contribution in [3.05, 3.63) is 0 Å². The number of unbranched alkanes of at least 4 members (excludes halogenated alkanes) is 1. The molecule has 0 aliphatic heterocycles. The third-order valence-corrected chi connectivity index (χ3v) is 5.81. The SMILES string of the molecule is COCCCCO[PH](=O)CCCSSCCOC. The summed E-state index contributed by atoms with van der Waals surface area (Å²) in [6.45, 7) is 2.13. The second-order valence-corrected chi connectivity index (χ2v) is 7.90. The van der Waals surface area contributed by atoms with Gasteiger partial charge < -0.3 is 14.0 Å². The van der Waals surface area contributed by atoms with Crippen molar-refractivity contribution in [1.82, 2.24) is 0 Å². The van der Waals surface area contributed by atoms with E-state index in [0.717, 1.165) is 44.0 Å². The zero-order valence-corrected chi connectivity index (χ0v) is 13.9. The molecular formula is C11H25O4PS2. The van der Waals surface area contributed by atoms with Crippen LogP contribution in [0.3, 0.4) is 0 Å². The lowest BCUT2D eigenvalue weighted by Crippen LogP contribution is -1.94. The molecule has 1 unspecified atom stereocenters. The molecule has 0 aliphatic rings. The van der Waals surface area contributed by atoms with Gasteiger partial charge in [-0.1, -0.05) is 21.6 Å². The van der Waals surface area contributed by atoms with Crippen molar-refractivity contribution in [2.24, 2.45) is 0 Å². The van der Waals surface area contributed by atoms with Crippen LogP contribution in [0, 0.1) is 0 Å². The molecule has 0 bridgehead atoms. The second kappa shape index (κ2) is 15.9. The Morgan fingerprint density at radius 1 is 0.889 bits per heavy atom. The van der Waals surface area contributed by atoms with E-state index in [9.17, 15) is 4.57 Å². The van der Waals surface area contributed by atoms with E-state index in [2.05, 4.69) is 0 Å². The van der Waals surface area contributed by atoms with Gasteiger partial charge in [0.25, 0.3) is 0 Å². The summed E-state index contributed by atoms with van der Waals surface area (Å²) in [6, 6.07) is 0. The highest BCUT2D eigenvalue weighted by atomic mass is 33.1. The topological polar surface area (TPSA) is 44.8 Å². The zero-order valence-electron chi connectivity index (χ0n) is 11.3. The lowest BCUT2D eigenvalue weighted by Gasteiger charge is -2.04. The fourth-order valence-corrected chi connectivity index (χ4v) is 4.35. The zero-order chi connectivity index (χ0) is 13.5. The maximum Gasteiger partial charge on any atom is 0.191 e. The first-order valence-electron chi connectivity index (χ1n) is 6.19. The minimum Gasteiger partial charge on any atom is -0.385 e. The maximum atomic E-state index is 11.5. The van der Waals surface area contributed by atoms with Crippen molar-refractivity contribution >= 4 is 29.6 Å². The molecule has 0 radical (unpaired) electrons. The monoisotopic (exact) mass is 316 g/mol. The normalized spacial score (nSPS) is 12.8. The number of ether oxygens (including phenoxy) is 2. The second-order valence-electron chi connectivity index (χ2n) is 3.66. The van der Waals surface area contributed by atoms with Gasteiger partial charge in [-0.3, -0.25) is 4.57 Å². The van der Waals surface area contributed by atoms with Crippen molar-refractivity contribution in [2.45, 2.75) is 19.3 Å². The van der Waals surface area contributed by atoms with E-state index in [0.29, 0.717) is 12.8 Å². The molecule has 0 aromatic heterocycles. The fraction of sp³-hybridized carbons (Fsp3) is 1.00. The molecule has 0 saturated heterocycles. The molecule has 7 heteroatoms. The van der Waals surface area contributed by atoms with Gasteiger partial charge in [-0.2, -0.15) is 0 Å². The molecule has 0 amide bonds. The van der Waals surface area contributed by atoms with Gasteiger partial charge in [0.05, 0.1) is 13.2 Å². The van der Waals surface area contributed by atoms with Gasteiger partial charge in [0.1, 0.15) is 0 Å². The van der Waals surface area contributed by atoms with Crippen LogP contribution in [-0.4, -0.2) is 51.7 Å². The number of hydrogen-bond acceptors (Lipinski definition) is 6. The van der Waals surface area contributed by atoms with Gasteiger partial charge in [0.15, 0.2) is 8.03 Å². The standard InChI is InChI=1S/C11H25O4PS2/c1-13-6-3-4-7-15-16(12)9-5-10-17-18-11-8-14-2/h16H,3-11H2,1-2H3. The maximum absolute atomic E-state index is 11.5. The summed E-state index contributed by atoms with van der Waals surface area (Å²) in [7, 11) is 5.20. The van der Waals surface area contributed by atoms with Crippen LogP contribution < -0.4 is 0 Å². The fourth-order valence-electron chi connectivity index (χ4n) is 1.12. The predicted octanol–water partition coefficient (Wildman–Crippen LogP) is 3.32. The van der Waals surface area contributed by atoms with E-state index in [1.165, 1.54) is 0 Å². The Labute approximate surface area is 119 Å². The molecule has 0 aromatic rings. The van der Waals surface area contributed by atoms with Crippen LogP contribution in [0.5, 0.6) is 0 Å². The van der Waals surface area contributed by atoms with Gasteiger partial charge in [-0.05, 0) is 19.3 Å². The Morgan fingerprint density at radius 2 is 1.56 bits per heavy atom. The smallest absolute Gasteiger partial charge is 0.191 e. The average molecular weight is 316 g/mol. The predicted molar refractivity (Wildman–Crippen MR) is 82.3 cm³/mol. The van der Waals surface area contributed by atoms with Crippen LogP contribution in [0.15, 0.2) is 0 Å². The highest BCUT2D eigenvalue weighted by Crippen LogP contribution is 2.27.